The van der Waals surface area contributed by atoms with Gasteiger partial charge in [0.2, 0.25) is 0 Å². The van der Waals surface area contributed by atoms with E-state index in [-0.39, 0.29) is 24.4 Å². The van der Waals surface area contributed by atoms with Crippen LogP contribution >= 0.6 is 0 Å². The van der Waals surface area contributed by atoms with E-state index in [1.807, 2.05) is 11.8 Å². The van der Waals surface area contributed by atoms with Gasteiger partial charge < -0.3 is 19.3 Å². The molecule has 1 aliphatic heterocycles. The molecular formula is C11H17N3O3. The van der Waals surface area contributed by atoms with E-state index in [1.165, 1.54) is 4.57 Å². The molecule has 0 aromatic carbocycles. The van der Waals surface area contributed by atoms with Crippen LogP contribution in [-0.2, 0) is 11.8 Å². The van der Waals surface area contributed by atoms with E-state index in [4.69, 9.17) is 9.84 Å². The van der Waals surface area contributed by atoms with Gasteiger partial charge in [-0.05, 0) is 6.92 Å². The van der Waals surface area contributed by atoms with E-state index < -0.39 is 0 Å². The zero-order valence-electron chi connectivity index (χ0n) is 10.0. The Morgan fingerprint density at radius 2 is 2.35 bits per heavy atom. The Labute approximate surface area is 99.5 Å². The molecule has 1 fully saturated rings. The summed E-state index contributed by atoms with van der Waals surface area (Å²) in [5.74, 6) is 0.420. The third-order valence-electron chi connectivity index (χ3n) is 2.83. The van der Waals surface area contributed by atoms with Crippen molar-refractivity contribution < 1.29 is 9.84 Å². The van der Waals surface area contributed by atoms with Crippen molar-refractivity contribution in [2.24, 2.45) is 7.05 Å². The topological polar surface area (TPSA) is 67.6 Å². The molecule has 6 heteroatoms. The molecule has 0 bridgehead atoms. The predicted octanol–water partition coefficient (Wildman–Crippen LogP) is -0.634. The van der Waals surface area contributed by atoms with E-state index in [0.717, 1.165) is 0 Å². The first-order valence-electron chi connectivity index (χ1n) is 5.64. The number of rotatable bonds is 2. The van der Waals surface area contributed by atoms with Crippen LogP contribution in [0.4, 0.5) is 5.82 Å². The fraction of sp³-hybridized carbons (Fsp3) is 0.636. The van der Waals surface area contributed by atoms with Gasteiger partial charge in [-0.3, -0.25) is 4.79 Å². The minimum atomic E-state index is -0.259. The maximum Gasteiger partial charge on any atom is 0.293 e. The summed E-state index contributed by atoms with van der Waals surface area (Å²) >= 11 is 0. The number of hydrogen-bond donors (Lipinski definition) is 1. The van der Waals surface area contributed by atoms with E-state index >= 15 is 0 Å². The third kappa shape index (κ3) is 2.48. The van der Waals surface area contributed by atoms with Crippen molar-refractivity contribution in [2.75, 3.05) is 24.6 Å². The molecule has 2 unspecified atom stereocenters. The van der Waals surface area contributed by atoms with Crippen LogP contribution in [0.3, 0.4) is 0 Å². The molecular weight excluding hydrogens is 222 g/mol. The number of hydrogen-bond acceptors (Lipinski definition) is 5. The molecule has 1 saturated heterocycles. The molecule has 94 valence electrons. The molecule has 1 aromatic heterocycles. The highest BCUT2D eigenvalue weighted by atomic mass is 16.5. The highest BCUT2D eigenvalue weighted by Crippen LogP contribution is 2.14. The molecule has 17 heavy (non-hydrogen) atoms. The van der Waals surface area contributed by atoms with Gasteiger partial charge in [0, 0.05) is 32.5 Å². The zero-order valence-corrected chi connectivity index (χ0v) is 10.0. The predicted molar refractivity (Wildman–Crippen MR) is 63.1 cm³/mol. The number of ether oxygens (including phenoxy) is 1. The number of nitrogens with zero attached hydrogens (tertiary/aromatic N) is 3. The largest absolute Gasteiger partial charge is 0.394 e. The maximum absolute atomic E-state index is 11.9. The first kappa shape index (κ1) is 12.1. The SMILES string of the molecule is CC1CN(c2nccn(C)c2=O)CC(CO)O1. The molecule has 2 atom stereocenters. The zero-order chi connectivity index (χ0) is 12.4. The molecule has 0 spiro atoms. The Hall–Kier alpha value is -1.40. The number of morpholine rings is 1. The molecule has 1 N–H and O–H groups in total. The minimum Gasteiger partial charge on any atom is -0.394 e. The van der Waals surface area contributed by atoms with Crippen molar-refractivity contribution >= 4 is 5.82 Å². The lowest BCUT2D eigenvalue weighted by atomic mass is 10.2. The van der Waals surface area contributed by atoms with Crippen LogP contribution in [0.5, 0.6) is 0 Å². The first-order valence-corrected chi connectivity index (χ1v) is 5.64. The standard InChI is InChI=1S/C11H17N3O3/c1-8-5-14(6-9(7-15)17-8)10-11(16)13(2)4-3-12-10/h3-4,8-9,15H,5-7H2,1-2H3. The van der Waals surface area contributed by atoms with Crippen molar-refractivity contribution in [1.29, 1.82) is 0 Å². The average Bonchev–Trinajstić information content (AvgIpc) is 2.31. The van der Waals surface area contributed by atoms with Crippen LogP contribution in [0.1, 0.15) is 6.92 Å². The van der Waals surface area contributed by atoms with Crippen molar-refractivity contribution in [3.63, 3.8) is 0 Å². The number of anilines is 1. The van der Waals surface area contributed by atoms with Crippen LogP contribution in [0.2, 0.25) is 0 Å². The summed E-state index contributed by atoms with van der Waals surface area (Å²) < 4.78 is 7.03. The lowest BCUT2D eigenvalue weighted by molar-refractivity contribution is -0.0423. The lowest BCUT2D eigenvalue weighted by Crippen LogP contribution is -2.50. The first-order chi connectivity index (χ1) is 8.11. The second kappa shape index (κ2) is 4.85. The highest BCUT2D eigenvalue weighted by molar-refractivity contribution is 5.36. The third-order valence-corrected chi connectivity index (χ3v) is 2.83. The lowest BCUT2D eigenvalue weighted by Gasteiger charge is -2.36. The van der Waals surface area contributed by atoms with Gasteiger partial charge in [0.15, 0.2) is 5.82 Å². The van der Waals surface area contributed by atoms with Crippen molar-refractivity contribution in [3.8, 4) is 0 Å². The van der Waals surface area contributed by atoms with Gasteiger partial charge in [-0.25, -0.2) is 4.98 Å². The second-order valence-corrected chi connectivity index (χ2v) is 4.32. The molecule has 0 saturated carbocycles. The number of aliphatic hydroxyl groups is 1. The number of aliphatic hydroxyl groups excluding tert-OH is 1. The van der Waals surface area contributed by atoms with Gasteiger partial charge in [-0.15, -0.1) is 0 Å². The Kier molecular flexibility index (Phi) is 3.44. The van der Waals surface area contributed by atoms with E-state index in [1.54, 1.807) is 19.4 Å². The van der Waals surface area contributed by atoms with Crippen LogP contribution in [0.15, 0.2) is 17.2 Å². The Morgan fingerprint density at radius 3 is 3.06 bits per heavy atom. The van der Waals surface area contributed by atoms with Crippen molar-refractivity contribution in [2.45, 2.75) is 19.1 Å². The van der Waals surface area contributed by atoms with Gasteiger partial charge in [0.05, 0.1) is 18.8 Å². The van der Waals surface area contributed by atoms with Crippen molar-refractivity contribution in [1.82, 2.24) is 9.55 Å². The van der Waals surface area contributed by atoms with Gasteiger partial charge in [-0.1, -0.05) is 0 Å². The molecule has 0 radical (unpaired) electrons. The maximum atomic E-state index is 11.9. The minimum absolute atomic E-state index is 0.0207. The summed E-state index contributed by atoms with van der Waals surface area (Å²) in [6.07, 6.45) is 2.95. The van der Waals surface area contributed by atoms with E-state index in [9.17, 15) is 4.79 Å². The summed E-state index contributed by atoms with van der Waals surface area (Å²) in [5.41, 5.74) is -0.127. The quantitative estimate of drug-likeness (QED) is 0.744. The fourth-order valence-corrected chi connectivity index (χ4v) is 2.02. The van der Waals surface area contributed by atoms with Gasteiger partial charge >= 0.3 is 0 Å². The van der Waals surface area contributed by atoms with Crippen LogP contribution in [0, 0.1) is 0 Å². The van der Waals surface area contributed by atoms with Crippen LogP contribution in [0.25, 0.3) is 0 Å². The van der Waals surface area contributed by atoms with Crippen LogP contribution in [-0.4, -0.2) is 46.6 Å². The second-order valence-electron chi connectivity index (χ2n) is 4.32. The fourth-order valence-electron chi connectivity index (χ4n) is 2.02. The van der Waals surface area contributed by atoms with Gasteiger partial charge in [0.25, 0.3) is 5.56 Å². The Balaban J connectivity index is 2.27. The van der Waals surface area contributed by atoms with Crippen LogP contribution < -0.4 is 10.5 Å². The molecule has 0 aliphatic carbocycles. The Bertz CT molecular complexity index is 446. The molecule has 2 rings (SSSR count). The summed E-state index contributed by atoms with van der Waals surface area (Å²) in [5, 5.41) is 9.14. The number of aryl methyl sites for hydroxylation is 1. The molecule has 6 nitrogen and oxygen atoms in total. The monoisotopic (exact) mass is 239 g/mol. The Morgan fingerprint density at radius 1 is 1.59 bits per heavy atom. The highest BCUT2D eigenvalue weighted by Gasteiger charge is 2.27. The summed E-state index contributed by atoms with van der Waals surface area (Å²) in [4.78, 5) is 17.9. The van der Waals surface area contributed by atoms with E-state index in [2.05, 4.69) is 4.98 Å². The average molecular weight is 239 g/mol. The molecule has 2 heterocycles. The molecule has 1 aliphatic rings. The van der Waals surface area contributed by atoms with Gasteiger partial charge in [-0.2, -0.15) is 0 Å². The van der Waals surface area contributed by atoms with Gasteiger partial charge in [0.1, 0.15) is 0 Å². The summed E-state index contributed by atoms with van der Waals surface area (Å²) in [7, 11) is 1.70. The number of aromatic nitrogens is 2. The normalized spacial score (nSPS) is 25.0. The smallest absolute Gasteiger partial charge is 0.293 e. The molecule has 1 aromatic rings. The summed E-state index contributed by atoms with van der Waals surface area (Å²) in [6, 6.07) is 0. The molecule has 0 amide bonds. The van der Waals surface area contributed by atoms with Crippen molar-refractivity contribution in [3.05, 3.63) is 22.7 Å². The summed E-state index contributed by atoms with van der Waals surface area (Å²) in [6.45, 7) is 2.98. The van der Waals surface area contributed by atoms with E-state index in [0.29, 0.717) is 18.9 Å².